The lowest BCUT2D eigenvalue weighted by Gasteiger charge is -2.21. The summed E-state index contributed by atoms with van der Waals surface area (Å²) in [5, 5.41) is 10.8. The monoisotopic (exact) mass is 293 g/mol. The second-order valence-electron chi connectivity index (χ2n) is 4.75. The summed E-state index contributed by atoms with van der Waals surface area (Å²) in [7, 11) is 1.35. The number of methoxy groups -OCH3 is 1. The molecular weight excluding hydrogens is 278 g/mol. The number of ketones is 1. The second kappa shape index (κ2) is 6.34. The van der Waals surface area contributed by atoms with Gasteiger partial charge in [0.25, 0.3) is 5.69 Å². The molecule has 2 rings (SSSR count). The van der Waals surface area contributed by atoms with Crippen molar-refractivity contribution in [1.29, 1.82) is 0 Å². The molecule has 0 N–H and O–H groups in total. The maximum atomic E-state index is 12.1. The number of carbonyl (C=O) groups is 2. The number of benzene rings is 1. The van der Waals surface area contributed by atoms with Crippen molar-refractivity contribution in [3.8, 4) is 5.75 Å². The molecule has 0 bridgehead atoms. The van der Waals surface area contributed by atoms with Crippen molar-refractivity contribution >= 4 is 17.4 Å². The molecule has 0 unspecified atom stereocenters. The average molecular weight is 293 g/mol. The number of non-ortho nitro benzene ring substituents is 1. The van der Waals surface area contributed by atoms with Gasteiger partial charge in [-0.3, -0.25) is 14.9 Å². The van der Waals surface area contributed by atoms with E-state index in [1.54, 1.807) is 0 Å². The summed E-state index contributed by atoms with van der Waals surface area (Å²) < 4.78 is 10.2. The van der Waals surface area contributed by atoms with Gasteiger partial charge < -0.3 is 9.47 Å². The van der Waals surface area contributed by atoms with E-state index in [2.05, 4.69) is 0 Å². The zero-order chi connectivity index (χ0) is 15.4. The molecule has 1 fully saturated rings. The molecule has 21 heavy (non-hydrogen) atoms. The highest BCUT2D eigenvalue weighted by Crippen LogP contribution is 2.26. The third kappa shape index (κ3) is 3.36. The molecule has 112 valence electrons. The maximum Gasteiger partial charge on any atom is 0.342 e. The molecule has 7 heteroatoms. The van der Waals surface area contributed by atoms with Crippen LogP contribution >= 0.6 is 0 Å². The SMILES string of the molecule is COc1ccc([N+](=O)[O-])cc1C(=O)O[C@@H]1CCCCC1=O. The Kier molecular flexibility index (Phi) is 4.52. The number of nitro benzene ring substituents is 1. The molecule has 1 aliphatic rings. The normalized spacial score (nSPS) is 18.1. The van der Waals surface area contributed by atoms with Gasteiger partial charge in [-0.05, 0) is 25.3 Å². The van der Waals surface area contributed by atoms with E-state index in [-0.39, 0.29) is 22.8 Å². The Morgan fingerprint density at radius 2 is 2.14 bits per heavy atom. The van der Waals surface area contributed by atoms with Gasteiger partial charge in [0, 0.05) is 18.6 Å². The molecule has 1 aromatic carbocycles. The van der Waals surface area contributed by atoms with Crippen LogP contribution in [0.4, 0.5) is 5.69 Å². The van der Waals surface area contributed by atoms with Crippen molar-refractivity contribution in [2.45, 2.75) is 31.8 Å². The van der Waals surface area contributed by atoms with Crippen LogP contribution < -0.4 is 4.74 Å². The standard InChI is InChI=1S/C14H15NO6/c1-20-12-7-6-9(15(18)19)8-10(12)14(17)21-13-5-3-2-4-11(13)16/h6-8,13H,2-5H2,1H3/t13-/m1/s1. The van der Waals surface area contributed by atoms with Crippen molar-refractivity contribution < 1.29 is 24.0 Å². The molecule has 7 nitrogen and oxygen atoms in total. The lowest BCUT2D eigenvalue weighted by molar-refractivity contribution is -0.384. The van der Waals surface area contributed by atoms with Gasteiger partial charge in [-0.1, -0.05) is 0 Å². The number of nitro groups is 1. The van der Waals surface area contributed by atoms with Gasteiger partial charge in [-0.2, -0.15) is 0 Å². The van der Waals surface area contributed by atoms with E-state index in [1.165, 1.54) is 19.2 Å². The van der Waals surface area contributed by atoms with Crippen LogP contribution in [0.2, 0.25) is 0 Å². The number of nitrogens with zero attached hydrogens (tertiary/aromatic N) is 1. The van der Waals surface area contributed by atoms with Crippen LogP contribution in [0.25, 0.3) is 0 Å². The molecule has 0 amide bonds. The summed E-state index contributed by atoms with van der Waals surface area (Å²) >= 11 is 0. The summed E-state index contributed by atoms with van der Waals surface area (Å²) in [6.45, 7) is 0. The van der Waals surface area contributed by atoms with Crippen molar-refractivity contribution in [3.05, 3.63) is 33.9 Å². The first-order valence-electron chi connectivity index (χ1n) is 6.59. The molecule has 0 aliphatic heterocycles. The Morgan fingerprint density at radius 3 is 2.76 bits per heavy atom. The second-order valence-corrected chi connectivity index (χ2v) is 4.75. The highest BCUT2D eigenvalue weighted by atomic mass is 16.6. The van der Waals surface area contributed by atoms with Crippen molar-refractivity contribution in [3.63, 3.8) is 0 Å². The molecule has 0 heterocycles. The molecule has 0 saturated heterocycles. The van der Waals surface area contributed by atoms with Gasteiger partial charge in [0.15, 0.2) is 11.9 Å². The summed E-state index contributed by atoms with van der Waals surface area (Å²) in [6, 6.07) is 3.66. The van der Waals surface area contributed by atoms with E-state index < -0.39 is 17.0 Å². The highest BCUT2D eigenvalue weighted by molar-refractivity contribution is 5.95. The molecular formula is C14H15NO6. The molecule has 1 saturated carbocycles. The van der Waals surface area contributed by atoms with Crippen LogP contribution in [-0.4, -0.2) is 29.9 Å². The number of hydrogen-bond acceptors (Lipinski definition) is 6. The number of carbonyl (C=O) groups excluding carboxylic acids is 2. The van der Waals surface area contributed by atoms with E-state index in [4.69, 9.17) is 9.47 Å². The predicted octanol–water partition coefficient (Wildman–Crippen LogP) is 2.27. The zero-order valence-electron chi connectivity index (χ0n) is 11.5. The van der Waals surface area contributed by atoms with Crippen LogP contribution in [-0.2, 0) is 9.53 Å². The van der Waals surface area contributed by atoms with E-state index >= 15 is 0 Å². The largest absolute Gasteiger partial charge is 0.496 e. The first-order chi connectivity index (χ1) is 10.0. The van der Waals surface area contributed by atoms with Crippen LogP contribution in [0.1, 0.15) is 36.0 Å². The van der Waals surface area contributed by atoms with E-state index in [0.717, 1.165) is 18.9 Å². The minimum Gasteiger partial charge on any atom is -0.496 e. The van der Waals surface area contributed by atoms with Gasteiger partial charge in [0.2, 0.25) is 0 Å². The Morgan fingerprint density at radius 1 is 1.38 bits per heavy atom. The molecule has 1 atom stereocenters. The number of rotatable bonds is 4. The van der Waals surface area contributed by atoms with Crippen molar-refractivity contribution in [2.75, 3.05) is 7.11 Å². The van der Waals surface area contributed by atoms with Gasteiger partial charge in [0.1, 0.15) is 11.3 Å². The first-order valence-corrected chi connectivity index (χ1v) is 6.59. The third-order valence-electron chi connectivity index (χ3n) is 3.36. The number of esters is 1. The van der Waals surface area contributed by atoms with Crippen molar-refractivity contribution in [2.24, 2.45) is 0 Å². The topological polar surface area (TPSA) is 95.7 Å². The van der Waals surface area contributed by atoms with Crippen LogP contribution in [0.15, 0.2) is 18.2 Å². The zero-order valence-corrected chi connectivity index (χ0v) is 11.5. The molecule has 1 aromatic rings. The van der Waals surface area contributed by atoms with Crippen LogP contribution in [0.5, 0.6) is 5.75 Å². The quantitative estimate of drug-likeness (QED) is 0.480. The smallest absolute Gasteiger partial charge is 0.342 e. The summed E-state index contributed by atoms with van der Waals surface area (Å²) in [6.07, 6.45) is 1.73. The van der Waals surface area contributed by atoms with Crippen LogP contribution in [0.3, 0.4) is 0 Å². The Balaban J connectivity index is 2.22. The molecule has 0 spiro atoms. The fourth-order valence-corrected chi connectivity index (χ4v) is 2.24. The Labute approximate surface area is 121 Å². The number of ether oxygens (including phenoxy) is 2. The maximum absolute atomic E-state index is 12.1. The lowest BCUT2D eigenvalue weighted by atomic mass is 9.96. The fraction of sp³-hybridized carbons (Fsp3) is 0.429. The van der Waals surface area contributed by atoms with Crippen LogP contribution in [0, 0.1) is 10.1 Å². The lowest BCUT2D eigenvalue weighted by Crippen LogP contribution is -2.30. The summed E-state index contributed by atoms with van der Waals surface area (Å²) in [5.41, 5.74) is -0.289. The molecule has 1 aliphatic carbocycles. The average Bonchev–Trinajstić information content (AvgIpc) is 2.48. The van der Waals surface area contributed by atoms with Gasteiger partial charge in [-0.25, -0.2) is 4.79 Å². The van der Waals surface area contributed by atoms with Crippen molar-refractivity contribution in [1.82, 2.24) is 0 Å². The number of Topliss-reactive ketones (excluding diaryl/α,β-unsaturated/α-hetero) is 1. The predicted molar refractivity (Wildman–Crippen MR) is 72.3 cm³/mol. The van der Waals surface area contributed by atoms with E-state index in [9.17, 15) is 19.7 Å². The fourth-order valence-electron chi connectivity index (χ4n) is 2.24. The number of hydrogen-bond donors (Lipinski definition) is 0. The Bertz CT molecular complexity index is 583. The Hall–Kier alpha value is -2.44. The minimum absolute atomic E-state index is 0.0509. The highest BCUT2D eigenvalue weighted by Gasteiger charge is 2.28. The van der Waals surface area contributed by atoms with E-state index in [0.29, 0.717) is 12.8 Å². The first kappa shape index (κ1) is 15.0. The molecule has 0 radical (unpaired) electrons. The minimum atomic E-state index is -0.782. The summed E-state index contributed by atoms with van der Waals surface area (Å²) in [5.74, 6) is -0.719. The van der Waals surface area contributed by atoms with Gasteiger partial charge >= 0.3 is 5.97 Å². The summed E-state index contributed by atoms with van der Waals surface area (Å²) in [4.78, 5) is 34.0. The van der Waals surface area contributed by atoms with Gasteiger partial charge in [-0.15, -0.1) is 0 Å². The third-order valence-corrected chi connectivity index (χ3v) is 3.36. The van der Waals surface area contributed by atoms with Gasteiger partial charge in [0.05, 0.1) is 12.0 Å². The molecule has 0 aromatic heterocycles. The van der Waals surface area contributed by atoms with E-state index in [1.807, 2.05) is 0 Å².